The number of fused-ring (bicyclic) bond motifs is 1. The van der Waals surface area contributed by atoms with Crippen molar-refractivity contribution in [3.05, 3.63) is 63.4 Å². The van der Waals surface area contributed by atoms with E-state index in [-0.39, 0.29) is 40.7 Å². The zero-order valence-corrected chi connectivity index (χ0v) is 16.1. The Labute approximate surface area is 171 Å². The van der Waals surface area contributed by atoms with Crippen molar-refractivity contribution in [3.63, 3.8) is 0 Å². The van der Waals surface area contributed by atoms with E-state index in [1.54, 1.807) is 24.5 Å². The molecule has 0 saturated heterocycles. The molecule has 0 unspecified atom stereocenters. The van der Waals surface area contributed by atoms with Crippen molar-refractivity contribution in [3.8, 4) is 6.07 Å². The van der Waals surface area contributed by atoms with Gasteiger partial charge in [-0.25, -0.2) is 0 Å². The molecule has 1 aliphatic rings. The Balaban J connectivity index is 1.79. The van der Waals surface area contributed by atoms with E-state index < -0.39 is 24.3 Å². The second-order valence-electron chi connectivity index (χ2n) is 6.09. The van der Waals surface area contributed by atoms with Crippen LogP contribution in [0.4, 0.5) is 0 Å². The zero-order valence-electron chi connectivity index (χ0n) is 14.6. The number of halogens is 2. The Morgan fingerprint density at radius 3 is 2.36 bits per heavy atom. The number of rotatable bonds is 6. The minimum absolute atomic E-state index is 0.114. The maximum atomic E-state index is 12.8. The Bertz CT molecular complexity index is 948. The topological polar surface area (TPSA) is 94.4 Å². The fraction of sp³-hybridized carbons (Fsp3) is 0.211. The summed E-state index contributed by atoms with van der Waals surface area (Å²) in [5.41, 5.74) is 1.00. The van der Waals surface area contributed by atoms with Gasteiger partial charge in [0, 0.05) is 25.5 Å². The highest BCUT2D eigenvalue weighted by Gasteiger charge is 2.38. The van der Waals surface area contributed by atoms with Gasteiger partial charge in [-0.1, -0.05) is 29.3 Å². The molecule has 1 aromatic carbocycles. The van der Waals surface area contributed by atoms with Gasteiger partial charge in [0.2, 0.25) is 5.91 Å². The molecule has 0 spiro atoms. The third kappa shape index (κ3) is 3.98. The summed E-state index contributed by atoms with van der Waals surface area (Å²) < 4.78 is 0. The molecule has 0 saturated carbocycles. The van der Waals surface area contributed by atoms with Crippen LogP contribution in [0.2, 0.25) is 10.0 Å². The van der Waals surface area contributed by atoms with Crippen molar-refractivity contribution in [2.24, 2.45) is 0 Å². The van der Waals surface area contributed by atoms with Gasteiger partial charge in [0.25, 0.3) is 11.8 Å². The van der Waals surface area contributed by atoms with Crippen LogP contribution in [0.1, 0.15) is 32.7 Å². The predicted molar refractivity (Wildman–Crippen MR) is 102 cm³/mol. The molecule has 2 heterocycles. The van der Waals surface area contributed by atoms with Gasteiger partial charge in [0.15, 0.2) is 0 Å². The van der Waals surface area contributed by atoms with Crippen LogP contribution in [0.15, 0.2) is 36.7 Å². The highest BCUT2D eigenvalue weighted by molar-refractivity contribution is 6.43. The third-order valence-corrected chi connectivity index (χ3v) is 4.97. The van der Waals surface area contributed by atoms with Gasteiger partial charge >= 0.3 is 0 Å². The van der Waals surface area contributed by atoms with E-state index in [1.165, 1.54) is 17.0 Å². The van der Waals surface area contributed by atoms with E-state index in [9.17, 15) is 14.4 Å². The first-order chi connectivity index (χ1) is 13.4. The minimum Gasteiger partial charge on any atom is -0.336 e. The van der Waals surface area contributed by atoms with Gasteiger partial charge in [-0.3, -0.25) is 24.3 Å². The largest absolute Gasteiger partial charge is 0.336 e. The van der Waals surface area contributed by atoms with Gasteiger partial charge in [-0.05, 0) is 23.8 Å². The molecular formula is C19H14Cl2N4O3. The van der Waals surface area contributed by atoms with Crippen molar-refractivity contribution >= 4 is 40.9 Å². The number of pyridine rings is 1. The molecule has 1 aliphatic heterocycles. The summed E-state index contributed by atoms with van der Waals surface area (Å²) in [6.07, 6.45) is 3.35. The van der Waals surface area contributed by atoms with Crippen LogP contribution in [0.3, 0.4) is 0 Å². The van der Waals surface area contributed by atoms with Gasteiger partial charge in [-0.2, -0.15) is 5.26 Å². The molecule has 3 rings (SSSR count). The van der Waals surface area contributed by atoms with Gasteiger partial charge in [0.1, 0.15) is 6.54 Å². The molecule has 1 aromatic heterocycles. The van der Waals surface area contributed by atoms with Crippen LogP contribution in [0.5, 0.6) is 0 Å². The average molecular weight is 417 g/mol. The van der Waals surface area contributed by atoms with E-state index in [2.05, 4.69) is 4.98 Å². The van der Waals surface area contributed by atoms with Crippen LogP contribution in [-0.4, -0.2) is 45.6 Å². The molecule has 3 amide bonds. The molecule has 0 radical (unpaired) electrons. The third-order valence-electron chi connectivity index (χ3n) is 4.25. The Hall–Kier alpha value is -2.95. The number of hydrogen-bond acceptors (Lipinski definition) is 5. The lowest BCUT2D eigenvalue weighted by Crippen LogP contribution is -2.42. The monoisotopic (exact) mass is 416 g/mol. The number of nitrogens with zero attached hydrogens (tertiary/aromatic N) is 4. The standard InChI is InChI=1S/C19H14Cl2N4O3/c20-15-7-13-14(8-16(15)21)19(28)25(18(13)27)11-17(26)24(6-2-4-22)10-12-3-1-5-23-9-12/h1,3,5,7-9H,2,6,10-11H2. The number of imide groups is 1. The van der Waals surface area contributed by atoms with E-state index in [4.69, 9.17) is 28.5 Å². The first kappa shape index (κ1) is 19.8. The van der Waals surface area contributed by atoms with Crippen molar-refractivity contribution < 1.29 is 14.4 Å². The fourth-order valence-corrected chi connectivity index (χ4v) is 3.18. The second-order valence-corrected chi connectivity index (χ2v) is 6.91. The number of hydrogen-bond donors (Lipinski definition) is 0. The predicted octanol–water partition coefficient (Wildman–Crippen LogP) is 2.93. The van der Waals surface area contributed by atoms with E-state index in [1.807, 2.05) is 6.07 Å². The maximum Gasteiger partial charge on any atom is 0.262 e. The summed E-state index contributed by atoms with van der Waals surface area (Å²) in [7, 11) is 0. The Morgan fingerprint density at radius 2 is 1.82 bits per heavy atom. The summed E-state index contributed by atoms with van der Waals surface area (Å²) in [5, 5.41) is 9.17. The molecule has 0 N–H and O–H groups in total. The molecule has 0 atom stereocenters. The smallest absolute Gasteiger partial charge is 0.262 e. The van der Waals surface area contributed by atoms with Crippen LogP contribution in [-0.2, 0) is 11.3 Å². The van der Waals surface area contributed by atoms with Crippen molar-refractivity contribution in [1.29, 1.82) is 5.26 Å². The van der Waals surface area contributed by atoms with Crippen LogP contribution in [0.25, 0.3) is 0 Å². The number of aromatic nitrogens is 1. The summed E-state index contributed by atoms with van der Waals surface area (Å²) in [6, 6.07) is 8.18. The molecular weight excluding hydrogens is 403 g/mol. The SMILES string of the molecule is N#CCCN(Cc1cccnc1)C(=O)CN1C(=O)c2cc(Cl)c(Cl)cc2C1=O. The quantitative estimate of drug-likeness (QED) is 0.674. The van der Waals surface area contributed by atoms with Crippen molar-refractivity contribution in [1.82, 2.24) is 14.8 Å². The summed E-state index contributed by atoms with van der Waals surface area (Å²) >= 11 is 11.9. The highest BCUT2D eigenvalue weighted by atomic mass is 35.5. The maximum absolute atomic E-state index is 12.8. The van der Waals surface area contributed by atoms with Gasteiger partial charge < -0.3 is 4.90 Å². The van der Waals surface area contributed by atoms with Gasteiger partial charge in [0.05, 0.1) is 33.7 Å². The second kappa shape index (κ2) is 8.38. The Morgan fingerprint density at radius 1 is 1.18 bits per heavy atom. The molecule has 0 fully saturated rings. The number of benzene rings is 1. The average Bonchev–Trinajstić information content (AvgIpc) is 2.90. The fourth-order valence-electron chi connectivity index (χ4n) is 2.85. The summed E-state index contributed by atoms with van der Waals surface area (Å²) in [6.45, 7) is -0.0481. The Kier molecular flexibility index (Phi) is 5.93. The number of amides is 3. The lowest BCUT2D eigenvalue weighted by atomic mass is 10.1. The first-order valence-electron chi connectivity index (χ1n) is 8.31. The minimum atomic E-state index is -0.603. The normalized spacial score (nSPS) is 12.7. The number of nitriles is 1. The molecule has 7 nitrogen and oxygen atoms in total. The van der Waals surface area contributed by atoms with E-state index >= 15 is 0 Å². The molecule has 28 heavy (non-hydrogen) atoms. The molecule has 9 heteroatoms. The zero-order chi connectivity index (χ0) is 20.3. The molecule has 0 bridgehead atoms. The van der Waals surface area contributed by atoms with Crippen molar-refractivity contribution in [2.75, 3.05) is 13.1 Å². The summed E-state index contributed by atoms with van der Waals surface area (Å²) in [5.74, 6) is -1.66. The first-order valence-corrected chi connectivity index (χ1v) is 9.07. The lowest BCUT2D eigenvalue weighted by molar-refractivity contribution is -0.132. The van der Waals surface area contributed by atoms with E-state index in [0.717, 1.165) is 10.5 Å². The van der Waals surface area contributed by atoms with Crippen molar-refractivity contribution in [2.45, 2.75) is 13.0 Å². The summed E-state index contributed by atoms with van der Waals surface area (Å²) in [4.78, 5) is 44.2. The van der Waals surface area contributed by atoms with Gasteiger partial charge in [-0.15, -0.1) is 0 Å². The van der Waals surface area contributed by atoms with E-state index in [0.29, 0.717) is 0 Å². The van der Waals surface area contributed by atoms with Crippen LogP contribution in [0, 0.1) is 11.3 Å². The molecule has 142 valence electrons. The lowest BCUT2D eigenvalue weighted by Gasteiger charge is -2.24. The number of carbonyl (C=O) groups excluding carboxylic acids is 3. The van der Waals surface area contributed by atoms with Crippen LogP contribution < -0.4 is 0 Å². The molecule has 2 aromatic rings. The number of carbonyl (C=O) groups is 3. The molecule has 0 aliphatic carbocycles. The van der Waals surface area contributed by atoms with Crippen LogP contribution >= 0.6 is 23.2 Å². The highest BCUT2D eigenvalue weighted by Crippen LogP contribution is 2.31.